The highest BCUT2D eigenvalue weighted by molar-refractivity contribution is 9.10. The fraction of sp³-hybridized carbons (Fsp3) is 0. The lowest BCUT2D eigenvalue weighted by molar-refractivity contribution is 0.463. The van der Waals surface area contributed by atoms with Gasteiger partial charge in [0.05, 0.1) is 0 Å². The van der Waals surface area contributed by atoms with Crippen molar-refractivity contribution in [3.63, 3.8) is 0 Å². The first-order valence-electron chi connectivity index (χ1n) is 4.39. The van der Waals surface area contributed by atoms with Crippen molar-refractivity contribution in [1.82, 2.24) is 4.98 Å². The number of aromatic nitrogens is 1. The second kappa shape index (κ2) is 5.17. The van der Waals surface area contributed by atoms with Crippen molar-refractivity contribution >= 4 is 43.5 Å². The SMILES string of the molecule is Clc1cc(Br)cnc1Oc1ccc(Br)cc1. The first-order chi connectivity index (χ1) is 7.65. The first kappa shape index (κ1) is 11.9. The summed E-state index contributed by atoms with van der Waals surface area (Å²) in [6.45, 7) is 0. The van der Waals surface area contributed by atoms with Crippen LogP contribution in [0.25, 0.3) is 0 Å². The molecule has 0 N–H and O–H groups in total. The molecule has 0 aliphatic heterocycles. The zero-order valence-corrected chi connectivity index (χ0v) is 11.9. The van der Waals surface area contributed by atoms with Gasteiger partial charge >= 0.3 is 0 Å². The number of pyridine rings is 1. The Morgan fingerprint density at radius 2 is 1.75 bits per heavy atom. The van der Waals surface area contributed by atoms with E-state index in [0.717, 1.165) is 8.95 Å². The molecular weight excluding hydrogens is 357 g/mol. The summed E-state index contributed by atoms with van der Waals surface area (Å²) in [5.41, 5.74) is 0. The summed E-state index contributed by atoms with van der Waals surface area (Å²) < 4.78 is 7.35. The number of nitrogens with zero attached hydrogens (tertiary/aromatic N) is 1. The molecule has 1 aromatic heterocycles. The van der Waals surface area contributed by atoms with Crippen LogP contribution in [0.15, 0.2) is 45.5 Å². The Bertz CT molecular complexity index is 502. The molecule has 0 aliphatic carbocycles. The van der Waals surface area contributed by atoms with Gasteiger partial charge in [-0.1, -0.05) is 27.5 Å². The predicted octanol–water partition coefficient (Wildman–Crippen LogP) is 5.05. The van der Waals surface area contributed by atoms with E-state index in [1.165, 1.54) is 0 Å². The van der Waals surface area contributed by atoms with E-state index in [-0.39, 0.29) is 0 Å². The van der Waals surface area contributed by atoms with E-state index in [9.17, 15) is 0 Å². The molecule has 0 atom stereocenters. The monoisotopic (exact) mass is 361 g/mol. The average Bonchev–Trinajstić information content (AvgIpc) is 2.25. The highest BCUT2D eigenvalue weighted by Gasteiger charge is 2.05. The van der Waals surface area contributed by atoms with Crippen LogP contribution in [0.5, 0.6) is 11.6 Å². The van der Waals surface area contributed by atoms with Crippen LogP contribution < -0.4 is 4.74 Å². The van der Waals surface area contributed by atoms with Crippen molar-refractivity contribution < 1.29 is 4.74 Å². The molecule has 2 nitrogen and oxygen atoms in total. The highest BCUT2D eigenvalue weighted by Crippen LogP contribution is 2.29. The van der Waals surface area contributed by atoms with Crippen molar-refractivity contribution in [2.24, 2.45) is 0 Å². The second-order valence-electron chi connectivity index (χ2n) is 3.00. The summed E-state index contributed by atoms with van der Waals surface area (Å²) in [5.74, 6) is 1.09. The highest BCUT2D eigenvalue weighted by atomic mass is 79.9. The maximum absolute atomic E-state index is 5.98. The topological polar surface area (TPSA) is 22.1 Å². The van der Waals surface area contributed by atoms with Gasteiger partial charge in [0.15, 0.2) is 0 Å². The van der Waals surface area contributed by atoms with Gasteiger partial charge in [0.25, 0.3) is 0 Å². The van der Waals surface area contributed by atoms with Crippen LogP contribution in [0.3, 0.4) is 0 Å². The number of halogens is 3. The van der Waals surface area contributed by atoms with Crippen LogP contribution in [0.2, 0.25) is 5.02 Å². The lowest BCUT2D eigenvalue weighted by Crippen LogP contribution is -1.88. The van der Waals surface area contributed by atoms with E-state index in [4.69, 9.17) is 16.3 Å². The number of hydrogen-bond acceptors (Lipinski definition) is 2. The van der Waals surface area contributed by atoms with Crippen molar-refractivity contribution in [2.45, 2.75) is 0 Å². The van der Waals surface area contributed by atoms with E-state index in [0.29, 0.717) is 16.7 Å². The maximum atomic E-state index is 5.98. The predicted molar refractivity (Wildman–Crippen MR) is 71.2 cm³/mol. The van der Waals surface area contributed by atoms with Crippen LogP contribution in [0.4, 0.5) is 0 Å². The molecule has 82 valence electrons. The lowest BCUT2D eigenvalue weighted by atomic mass is 10.3. The Hall–Kier alpha value is -0.580. The zero-order chi connectivity index (χ0) is 11.5. The summed E-state index contributed by atoms with van der Waals surface area (Å²) in [6, 6.07) is 9.20. The van der Waals surface area contributed by atoms with Gasteiger partial charge in [0.1, 0.15) is 10.8 Å². The molecular formula is C11H6Br2ClNO. The average molecular weight is 363 g/mol. The molecule has 2 aromatic rings. The summed E-state index contributed by atoms with van der Waals surface area (Å²) in [6.07, 6.45) is 1.64. The Morgan fingerprint density at radius 3 is 2.38 bits per heavy atom. The standard InChI is InChI=1S/C11H6Br2ClNO/c12-7-1-3-9(4-2-7)16-11-10(14)5-8(13)6-15-11/h1-6H. The molecule has 0 saturated heterocycles. The Labute approximate surface area is 115 Å². The van der Waals surface area contributed by atoms with E-state index in [1.807, 2.05) is 24.3 Å². The van der Waals surface area contributed by atoms with E-state index >= 15 is 0 Å². The molecule has 1 heterocycles. The zero-order valence-electron chi connectivity index (χ0n) is 7.95. The molecule has 5 heteroatoms. The smallest absolute Gasteiger partial charge is 0.238 e. The van der Waals surface area contributed by atoms with E-state index in [1.54, 1.807) is 12.3 Å². The van der Waals surface area contributed by atoms with Crippen LogP contribution in [0, 0.1) is 0 Å². The van der Waals surface area contributed by atoms with Crippen LogP contribution in [-0.2, 0) is 0 Å². The van der Waals surface area contributed by atoms with Gasteiger partial charge in [0, 0.05) is 15.1 Å². The fourth-order valence-corrected chi connectivity index (χ4v) is 2.02. The molecule has 0 aliphatic rings. The number of hydrogen-bond donors (Lipinski definition) is 0. The minimum absolute atomic E-state index is 0.396. The molecule has 0 radical (unpaired) electrons. The molecule has 0 spiro atoms. The van der Waals surface area contributed by atoms with Crippen LogP contribution in [0.1, 0.15) is 0 Å². The molecule has 16 heavy (non-hydrogen) atoms. The third kappa shape index (κ3) is 2.97. The summed E-state index contributed by atoms with van der Waals surface area (Å²) >= 11 is 12.6. The Morgan fingerprint density at radius 1 is 1.06 bits per heavy atom. The quantitative estimate of drug-likeness (QED) is 0.745. The Balaban J connectivity index is 2.23. The van der Waals surface area contributed by atoms with Crippen molar-refractivity contribution in [1.29, 1.82) is 0 Å². The van der Waals surface area contributed by atoms with Crippen molar-refractivity contribution in [3.8, 4) is 11.6 Å². The minimum atomic E-state index is 0.396. The largest absolute Gasteiger partial charge is 0.438 e. The summed E-state index contributed by atoms with van der Waals surface area (Å²) in [4.78, 5) is 4.08. The number of benzene rings is 1. The second-order valence-corrected chi connectivity index (χ2v) is 5.24. The normalized spacial score (nSPS) is 10.2. The Kier molecular flexibility index (Phi) is 3.84. The first-order valence-corrected chi connectivity index (χ1v) is 6.36. The third-order valence-corrected chi connectivity index (χ3v) is 3.04. The minimum Gasteiger partial charge on any atom is -0.438 e. The van der Waals surface area contributed by atoms with Crippen LogP contribution in [-0.4, -0.2) is 4.98 Å². The van der Waals surface area contributed by atoms with Crippen molar-refractivity contribution in [3.05, 3.63) is 50.5 Å². The van der Waals surface area contributed by atoms with Gasteiger partial charge in [-0.15, -0.1) is 0 Å². The summed E-state index contributed by atoms with van der Waals surface area (Å²) in [5, 5.41) is 0.470. The van der Waals surface area contributed by atoms with Gasteiger partial charge in [-0.3, -0.25) is 0 Å². The molecule has 2 rings (SSSR count). The molecule has 0 fully saturated rings. The van der Waals surface area contributed by atoms with Gasteiger partial charge in [-0.2, -0.15) is 0 Å². The summed E-state index contributed by atoms with van der Waals surface area (Å²) in [7, 11) is 0. The molecule has 0 bridgehead atoms. The number of ether oxygens (including phenoxy) is 1. The van der Waals surface area contributed by atoms with Gasteiger partial charge in [-0.25, -0.2) is 4.98 Å². The number of rotatable bonds is 2. The maximum Gasteiger partial charge on any atom is 0.238 e. The van der Waals surface area contributed by atoms with Crippen LogP contribution >= 0.6 is 43.5 Å². The fourth-order valence-electron chi connectivity index (χ4n) is 1.09. The van der Waals surface area contributed by atoms with Crippen molar-refractivity contribution in [2.75, 3.05) is 0 Å². The van der Waals surface area contributed by atoms with Gasteiger partial charge in [0.2, 0.25) is 5.88 Å². The molecule has 0 saturated carbocycles. The molecule has 1 aromatic carbocycles. The lowest BCUT2D eigenvalue weighted by Gasteiger charge is -2.06. The third-order valence-electron chi connectivity index (χ3n) is 1.80. The van der Waals surface area contributed by atoms with Gasteiger partial charge in [-0.05, 0) is 46.3 Å². The van der Waals surface area contributed by atoms with E-state index < -0.39 is 0 Å². The molecule has 0 amide bonds. The van der Waals surface area contributed by atoms with Gasteiger partial charge < -0.3 is 4.74 Å². The van der Waals surface area contributed by atoms with E-state index in [2.05, 4.69) is 36.8 Å². The molecule has 0 unspecified atom stereocenters.